The highest BCUT2D eigenvalue weighted by molar-refractivity contribution is 5.75. The Balaban J connectivity index is 1.81. The molecule has 1 aliphatic rings. The summed E-state index contributed by atoms with van der Waals surface area (Å²) in [4.78, 5) is 24.9. The number of nitrogens with zero attached hydrogens (tertiary/aromatic N) is 3. The summed E-state index contributed by atoms with van der Waals surface area (Å²) < 4.78 is 1.70. The van der Waals surface area contributed by atoms with E-state index in [4.69, 9.17) is 0 Å². The van der Waals surface area contributed by atoms with Gasteiger partial charge in [0.15, 0.2) is 0 Å². The van der Waals surface area contributed by atoms with Gasteiger partial charge in [-0.25, -0.2) is 4.79 Å². The molecule has 7 nitrogen and oxygen atoms in total. The van der Waals surface area contributed by atoms with Gasteiger partial charge >= 0.3 is 6.03 Å². The largest absolute Gasteiger partial charge is 0.352 e. The highest BCUT2D eigenvalue weighted by Crippen LogP contribution is 2.10. The van der Waals surface area contributed by atoms with Crippen molar-refractivity contribution in [2.75, 3.05) is 13.1 Å². The summed E-state index contributed by atoms with van der Waals surface area (Å²) in [5.74, 6) is -0.0485. The summed E-state index contributed by atoms with van der Waals surface area (Å²) in [6, 6.07) is -0.0331. The molecule has 0 aliphatic carbocycles. The van der Waals surface area contributed by atoms with Gasteiger partial charge in [0.25, 0.3) is 0 Å². The van der Waals surface area contributed by atoms with Crippen molar-refractivity contribution >= 4 is 11.9 Å². The third-order valence-electron chi connectivity index (χ3n) is 3.32. The molecule has 20 heavy (non-hydrogen) atoms. The monoisotopic (exact) mass is 279 g/mol. The van der Waals surface area contributed by atoms with Crippen LogP contribution in [0.4, 0.5) is 4.79 Å². The van der Waals surface area contributed by atoms with Crippen molar-refractivity contribution in [3.8, 4) is 0 Å². The number of hydrogen-bond acceptors (Lipinski definition) is 3. The van der Waals surface area contributed by atoms with Crippen molar-refractivity contribution < 1.29 is 9.59 Å². The van der Waals surface area contributed by atoms with Gasteiger partial charge in [-0.15, -0.1) is 0 Å². The maximum absolute atomic E-state index is 12.1. The maximum atomic E-state index is 12.1. The Hall–Kier alpha value is -2.05. The molecule has 1 saturated heterocycles. The van der Waals surface area contributed by atoms with E-state index in [0.29, 0.717) is 13.1 Å². The van der Waals surface area contributed by atoms with Crippen LogP contribution in [0.15, 0.2) is 12.4 Å². The molecule has 2 N–H and O–H groups in total. The fraction of sp³-hybridized carbons (Fsp3) is 0.615. The third kappa shape index (κ3) is 3.97. The minimum absolute atomic E-state index is 0.0485. The Morgan fingerprint density at radius 2 is 2.30 bits per heavy atom. The van der Waals surface area contributed by atoms with Crippen LogP contribution in [-0.2, 0) is 18.4 Å². The zero-order valence-corrected chi connectivity index (χ0v) is 11.9. The molecule has 0 radical (unpaired) electrons. The number of urea groups is 1. The molecule has 110 valence electrons. The van der Waals surface area contributed by atoms with E-state index in [2.05, 4.69) is 15.7 Å². The van der Waals surface area contributed by atoms with Crippen LogP contribution in [0.2, 0.25) is 0 Å². The quantitative estimate of drug-likeness (QED) is 0.831. The maximum Gasteiger partial charge on any atom is 0.317 e. The number of piperidine rings is 1. The topological polar surface area (TPSA) is 79.3 Å². The molecule has 2 heterocycles. The van der Waals surface area contributed by atoms with E-state index in [-0.39, 0.29) is 18.0 Å². The molecule has 1 aromatic heterocycles. The minimum atomic E-state index is -0.0936. The zero-order chi connectivity index (χ0) is 14.5. The molecule has 0 bridgehead atoms. The fourth-order valence-electron chi connectivity index (χ4n) is 2.42. The predicted molar refractivity (Wildman–Crippen MR) is 73.9 cm³/mol. The van der Waals surface area contributed by atoms with Gasteiger partial charge in [-0.2, -0.15) is 5.10 Å². The first-order valence-electron chi connectivity index (χ1n) is 6.82. The Morgan fingerprint density at radius 1 is 1.50 bits per heavy atom. The van der Waals surface area contributed by atoms with E-state index in [1.807, 2.05) is 13.2 Å². The van der Waals surface area contributed by atoms with Crippen LogP contribution in [0.3, 0.4) is 0 Å². The van der Waals surface area contributed by atoms with Crippen LogP contribution >= 0.6 is 0 Å². The lowest BCUT2D eigenvalue weighted by atomic mass is 10.1. The fourth-order valence-corrected chi connectivity index (χ4v) is 2.42. The van der Waals surface area contributed by atoms with Crippen molar-refractivity contribution in [1.29, 1.82) is 0 Å². The normalized spacial score (nSPS) is 18.7. The summed E-state index contributed by atoms with van der Waals surface area (Å²) in [6.07, 6.45) is 5.43. The molecule has 1 fully saturated rings. The summed E-state index contributed by atoms with van der Waals surface area (Å²) in [5.41, 5.74) is 0.969. The number of rotatable bonds is 3. The average Bonchev–Trinajstić information content (AvgIpc) is 2.81. The molecule has 1 aliphatic heterocycles. The second-order valence-corrected chi connectivity index (χ2v) is 5.17. The van der Waals surface area contributed by atoms with Gasteiger partial charge in [0, 0.05) is 51.4 Å². The van der Waals surface area contributed by atoms with E-state index in [1.165, 1.54) is 6.92 Å². The van der Waals surface area contributed by atoms with Crippen LogP contribution in [-0.4, -0.2) is 45.8 Å². The standard InChI is InChI=1S/C13H21N5O2/c1-10(19)16-12-4-3-5-18(9-12)13(20)14-6-11-7-15-17(2)8-11/h7-8,12H,3-6,9H2,1-2H3,(H,14,20)(H,16,19). The van der Waals surface area contributed by atoms with Gasteiger partial charge in [-0.1, -0.05) is 0 Å². The first-order valence-corrected chi connectivity index (χ1v) is 6.82. The molecule has 0 spiro atoms. The smallest absolute Gasteiger partial charge is 0.317 e. The van der Waals surface area contributed by atoms with Gasteiger partial charge in [-0.3, -0.25) is 9.48 Å². The van der Waals surface area contributed by atoms with E-state index in [1.54, 1.807) is 15.8 Å². The number of nitrogens with one attached hydrogen (secondary N) is 2. The lowest BCUT2D eigenvalue weighted by molar-refractivity contribution is -0.119. The SMILES string of the molecule is CC(=O)NC1CCCN(C(=O)NCc2cnn(C)c2)C1. The van der Waals surface area contributed by atoms with Gasteiger partial charge in [0.05, 0.1) is 6.20 Å². The Morgan fingerprint density at radius 3 is 2.95 bits per heavy atom. The highest BCUT2D eigenvalue weighted by Gasteiger charge is 2.23. The summed E-state index contributed by atoms with van der Waals surface area (Å²) in [5, 5.41) is 9.80. The summed E-state index contributed by atoms with van der Waals surface area (Å²) in [6.45, 7) is 3.27. The Labute approximate surface area is 118 Å². The highest BCUT2D eigenvalue weighted by atomic mass is 16.2. The molecule has 0 aromatic carbocycles. The number of aromatic nitrogens is 2. The first kappa shape index (κ1) is 14.4. The molecule has 1 atom stereocenters. The van der Waals surface area contributed by atoms with Crippen LogP contribution in [0.1, 0.15) is 25.3 Å². The second kappa shape index (κ2) is 6.40. The van der Waals surface area contributed by atoms with Gasteiger partial charge < -0.3 is 15.5 Å². The van der Waals surface area contributed by atoms with E-state index >= 15 is 0 Å². The third-order valence-corrected chi connectivity index (χ3v) is 3.32. The van der Waals surface area contributed by atoms with Crippen molar-refractivity contribution in [3.05, 3.63) is 18.0 Å². The van der Waals surface area contributed by atoms with Crippen LogP contribution in [0.25, 0.3) is 0 Å². The van der Waals surface area contributed by atoms with E-state index in [9.17, 15) is 9.59 Å². The predicted octanol–water partition coefficient (Wildman–Crippen LogP) is 0.230. The number of carbonyl (C=O) groups excluding carboxylic acids is 2. The molecule has 2 rings (SSSR count). The Kier molecular flexibility index (Phi) is 4.60. The lowest BCUT2D eigenvalue weighted by Gasteiger charge is -2.32. The summed E-state index contributed by atoms with van der Waals surface area (Å²) >= 11 is 0. The molecule has 7 heteroatoms. The van der Waals surface area contributed by atoms with Gasteiger partial charge in [-0.05, 0) is 12.8 Å². The van der Waals surface area contributed by atoms with E-state index in [0.717, 1.165) is 24.9 Å². The van der Waals surface area contributed by atoms with Gasteiger partial charge in [0.2, 0.25) is 5.91 Å². The second-order valence-electron chi connectivity index (χ2n) is 5.17. The Bertz CT molecular complexity index is 485. The summed E-state index contributed by atoms with van der Waals surface area (Å²) in [7, 11) is 1.84. The number of carbonyl (C=O) groups is 2. The van der Waals surface area contributed by atoms with E-state index < -0.39 is 0 Å². The number of aryl methyl sites for hydroxylation is 1. The number of hydrogen-bond donors (Lipinski definition) is 2. The number of amides is 3. The van der Waals surface area contributed by atoms with Crippen molar-refractivity contribution in [1.82, 2.24) is 25.3 Å². The molecule has 3 amide bonds. The molecule has 1 unspecified atom stereocenters. The first-order chi connectivity index (χ1) is 9.54. The van der Waals surface area contributed by atoms with Crippen LogP contribution in [0, 0.1) is 0 Å². The molecule has 0 saturated carbocycles. The average molecular weight is 279 g/mol. The van der Waals surface area contributed by atoms with Crippen molar-refractivity contribution in [3.63, 3.8) is 0 Å². The molecular weight excluding hydrogens is 258 g/mol. The molecular formula is C13H21N5O2. The van der Waals surface area contributed by atoms with Crippen molar-refractivity contribution in [2.45, 2.75) is 32.4 Å². The van der Waals surface area contributed by atoms with Crippen LogP contribution in [0.5, 0.6) is 0 Å². The number of likely N-dealkylation sites (tertiary alicyclic amines) is 1. The van der Waals surface area contributed by atoms with Crippen LogP contribution < -0.4 is 10.6 Å². The van der Waals surface area contributed by atoms with Crippen molar-refractivity contribution in [2.24, 2.45) is 7.05 Å². The minimum Gasteiger partial charge on any atom is -0.352 e. The lowest BCUT2D eigenvalue weighted by Crippen LogP contribution is -2.51. The van der Waals surface area contributed by atoms with Gasteiger partial charge in [0.1, 0.15) is 0 Å². The zero-order valence-electron chi connectivity index (χ0n) is 11.9. The molecule has 1 aromatic rings.